The van der Waals surface area contributed by atoms with Crippen molar-refractivity contribution in [1.29, 1.82) is 0 Å². The third-order valence-corrected chi connectivity index (χ3v) is 4.06. The normalized spacial score (nSPS) is 18.0. The van der Waals surface area contributed by atoms with Crippen molar-refractivity contribution in [3.8, 4) is 0 Å². The fourth-order valence-electron chi connectivity index (χ4n) is 2.93. The summed E-state index contributed by atoms with van der Waals surface area (Å²) in [5, 5.41) is 0. The van der Waals surface area contributed by atoms with Gasteiger partial charge in [-0.1, -0.05) is 63.4 Å². The number of benzene rings is 1. The molecule has 1 aromatic carbocycles. The summed E-state index contributed by atoms with van der Waals surface area (Å²) in [6.07, 6.45) is 11.6. The van der Waals surface area contributed by atoms with Crippen molar-refractivity contribution in [3.05, 3.63) is 48.3 Å². The molecular weight excluding hydrogens is 244 g/mol. The summed E-state index contributed by atoms with van der Waals surface area (Å²) in [6.45, 7) is 6.77. The molecule has 2 nitrogen and oxygen atoms in total. The number of rotatable bonds is 8. The van der Waals surface area contributed by atoms with Crippen molar-refractivity contribution in [3.63, 3.8) is 0 Å². The molecule has 0 amide bonds. The summed E-state index contributed by atoms with van der Waals surface area (Å²) in [5.74, 6) is 0. The van der Waals surface area contributed by atoms with E-state index in [0.29, 0.717) is 6.17 Å². The van der Waals surface area contributed by atoms with Crippen LogP contribution in [0.15, 0.2) is 42.7 Å². The summed E-state index contributed by atoms with van der Waals surface area (Å²) in [4.78, 5) is 4.98. The van der Waals surface area contributed by atoms with Crippen molar-refractivity contribution < 1.29 is 0 Å². The molecule has 1 heterocycles. The van der Waals surface area contributed by atoms with E-state index in [0.717, 1.165) is 6.54 Å². The van der Waals surface area contributed by atoms with Crippen molar-refractivity contribution >= 4 is 0 Å². The van der Waals surface area contributed by atoms with Crippen LogP contribution in [0.3, 0.4) is 0 Å². The maximum absolute atomic E-state index is 2.51. The highest BCUT2D eigenvalue weighted by atomic mass is 15.4. The van der Waals surface area contributed by atoms with E-state index in [1.54, 1.807) is 0 Å². The second-order valence-electron chi connectivity index (χ2n) is 5.64. The van der Waals surface area contributed by atoms with Gasteiger partial charge in [-0.15, -0.1) is 0 Å². The van der Waals surface area contributed by atoms with E-state index in [9.17, 15) is 0 Å². The van der Waals surface area contributed by atoms with Gasteiger partial charge in [-0.05, 0) is 18.4 Å². The quantitative estimate of drug-likeness (QED) is 0.639. The highest BCUT2D eigenvalue weighted by molar-refractivity contribution is 5.15. The molecule has 0 N–H and O–H groups in total. The van der Waals surface area contributed by atoms with Gasteiger partial charge in [0, 0.05) is 25.5 Å². The van der Waals surface area contributed by atoms with Gasteiger partial charge in [-0.25, -0.2) is 0 Å². The minimum Gasteiger partial charge on any atom is -0.356 e. The molecule has 0 bridgehead atoms. The van der Waals surface area contributed by atoms with Crippen molar-refractivity contribution in [2.45, 2.75) is 58.7 Å². The first-order valence-corrected chi connectivity index (χ1v) is 8.09. The largest absolute Gasteiger partial charge is 0.356 e. The van der Waals surface area contributed by atoms with Gasteiger partial charge in [-0.3, -0.25) is 0 Å². The minimum atomic E-state index is 0.539. The summed E-state index contributed by atoms with van der Waals surface area (Å²) in [5.41, 5.74) is 1.39. The molecule has 1 aromatic rings. The van der Waals surface area contributed by atoms with Crippen LogP contribution < -0.4 is 0 Å². The molecule has 0 aromatic heterocycles. The van der Waals surface area contributed by atoms with Crippen LogP contribution in [0.25, 0.3) is 0 Å². The van der Waals surface area contributed by atoms with E-state index in [-0.39, 0.29) is 0 Å². The molecule has 2 heteroatoms. The van der Waals surface area contributed by atoms with Crippen LogP contribution in [0.1, 0.15) is 51.5 Å². The third-order valence-electron chi connectivity index (χ3n) is 4.06. The molecule has 0 saturated heterocycles. The predicted molar refractivity (Wildman–Crippen MR) is 86.1 cm³/mol. The first-order valence-electron chi connectivity index (χ1n) is 8.09. The molecular formula is C18H28N2. The maximum atomic E-state index is 2.51. The molecule has 0 spiro atoms. The van der Waals surface area contributed by atoms with Gasteiger partial charge in [0.1, 0.15) is 6.17 Å². The Kier molecular flexibility index (Phi) is 5.97. The highest BCUT2D eigenvalue weighted by Crippen LogP contribution is 2.22. The van der Waals surface area contributed by atoms with Crippen LogP contribution >= 0.6 is 0 Å². The first-order chi connectivity index (χ1) is 9.85. The van der Waals surface area contributed by atoms with Crippen LogP contribution in [0.4, 0.5) is 0 Å². The van der Waals surface area contributed by atoms with Gasteiger partial charge in [0.25, 0.3) is 0 Å². The highest BCUT2D eigenvalue weighted by Gasteiger charge is 2.23. The van der Waals surface area contributed by atoms with Gasteiger partial charge in [0.05, 0.1) is 0 Å². The van der Waals surface area contributed by atoms with E-state index < -0.39 is 0 Å². The summed E-state index contributed by atoms with van der Waals surface area (Å²) in [6, 6.07) is 10.8. The van der Waals surface area contributed by atoms with Crippen molar-refractivity contribution in [1.82, 2.24) is 9.80 Å². The zero-order chi connectivity index (χ0) is 14.2. The molecule has 1 aliphatic rings. The lowest BCUT2D eigenvalue weighted by molar-refractivity contribution is 0.140. The van der Waals surface area contributed by atoms with Crippen molar-refractivity contribution in [2.75, 3.05) is 6.54 Å². The molecule has 0 aliphatic carbocycles. The second-order valence-corrected chi connectivity index (χ2v) is 5.64. The Balaban J connectivity index is 1.85. The zero-order valence-electron chi connectivity index (χ0n) is 13.0. The summed E-state index contributed by atoms with van der Waals surface area (Å²) < 4.78 is 0. The Bertz CT molecular complexity index is 399. The molecule has 1 unspecified atom stereocenters. The summed E-state index contributed by atoms with van der Waals surface area (Å²) >= 11 is 0. The van der Waals surface area contributed by atoms with E-state index in [1.165, 1.54) is 44.2 Å². The molecule has 1 atom stereocenters. The monoisotopic (exact) mass is 272 g/mol. The number of unbranched alkanes of at least 4 members (excludes halogenated alkanes) is 3. The Morgan fingerprint density at radius 1 is 0.900 bits per heavy atom. The van der Waals surface area contributed by atoms with Crippen LogP contribution in [-0.4, -0.2) is 22.5 Å². The molecule has 0 radical (unpaired) electrons. The fraction of sp³-hybridized carbons (Fsp3) is 0.556. The predicted octanol–water partition coefficient (Wildman–Crippen LogP) is 4.59. The van der Waals surface area contributed by atoms with Crippen LogP contribution in [-0.2, 0) is 6.54 Å². The number of hydrogen-bond donors (Lipinski definition) is 0. The van der Waals surface area contributed by atoms with Gasteiger partial charge >= 0.3 is 0 Å². The average molecular weight is 272 g/mol. The lowest BCUT2D eigenvalue weighted by Gasteiger charge is -2.32. The van der Waals surface area contributed by atoms with E-state index in [4.69, 9.17) is 0 Å². The van der Waals surface area contributed by atoms with Gasteiger partial charge < -0.3 is 9.80 Å². The van der Waals surface area contributed by atoms with E-state index in [2.05, 4.69) is 66.4 Å². The fourth-order valence-corrected chi connectivity index (χ4v) is 2.93. The number of hydrogen-bond acceptors (Lipinski definition) is 2. The molecule has 0 fully saturated rings. The first kappa shape index (κ1) is 15.0. The molecule has 2 rings (SSSR count). The van der Waals surface area contributed by atoms with Crippen LogP contribution in [0.5, 0.6) is 0 Å². The minimum absolute atomic E-state index is 0.539. The van der Waals surface area contributed by atoms with Crippen LogP contribution in [0.2, 0.25) is 0 Å². The lowest BCUT2D eigenvalue weighted by Crippen LogP contribution is -2.38. The smallest absolute Gasteiger partial charge is 0.101 e. The van der Waals surface area contributed by atoms with Gasteiger partial charge in [0.2, 0.25) is 0 Å². The standard InChI is InChI=1S/C18H28N2/c1-3-5-6-10-13-19-14-15-20(18(19)4-2)16-17-11-8-7-9-12-17/h7-9,11-12,14-15,18H,3-6,10,13,16H2,1-2H3. The van der Waals surface area contributed by atoms with Crippen LogP contribution in [0, 0.1) is 0 Å². The van der Waals surface area contributed by atoms with Gasteiger partial charge in [0.15, 0.2) is 0 Å². The maximum Gasteiger partial charge on any atom is 0.101 e. The Hall–Kier alpha value is -1.44. The Labute approximate surface area is 124 Å². The van der Waals surface area contributed by atoms with Crippen molar-refractivity contribution in [2.24, 2.45) is 0 Å². The lowest BCUT2D eigenvalue weighted by atomic mass is 10.2. The average Bonchev–Trinajstić information content (AvgIpc) is 2.86. The van der Waals surface area contributed by atoms with E-state index >= 15 is 0 Å². The second kappa shape index (κ2) is 7.98. The summed E-state index contributed by atoms with van der Waals surface area (Å²) in [7, 11) is 0. The van der Waals surface area contributed by atoms with E-state index in [1.807, 2.05) is 0 Å². The van der Waals surface area contributed by atoms with Gasteiger partial charge in [-0.2, -0.15) is 0 Å². The molecule has 1 aliphatic heterocycles. The third kappa shape index (κ3) is 4.03. The zero-order valence-corrected chi connectivity index (χ0v) is 13.0. The topological polar surface area (TPSA) is 6.48 Å². The molecule has 0 saturated carbocycles. The molecule has 20 heavy (non-hydrogen) atoms. The molecule has 110 valence electrons. The Morgan fingerprint density at radius 3 is 2.35 bits per heavy atom. The SMILES string of the molecule is CCCCCCN1C=CN(Cc2ccccc2)C1CC. The number of nitrogens with zero attached hydrogens (tertiary/aromatic N) is 2. The Morgan fingerprint density at radius 2 is 1.65 bits per heavy atom.